The van der Waals surface area contributed by atoms with Crippen molar-refractivity contribution in [3.05, 3.63) is 54.2 Å². The van der Waals surface area contributed by atoms with Crippen molar-refractivity contribution < 1.29 is 14.6 Å². The van der Waals surface area contributed by atoms with Crippen molar-refractivity contribution in [2.24, 2.45) is 0 Å². The maximum atomic E-state index is 11.1. The summed E-state index contributed by atoms with van der Waals surface area (Å²) < 4.78 is 5.35. The van der Waals surface area contributed by atoms with Crippen molar-refractivity contribution in [3.63, 3.8) is 0 Å². The molecule has 0 unspecified atom stereocenters. The molecule has 2 aromatic carbocycles. The quantitative estimate of drug-likeness (QED) is 0.763. The lowest BCUT2D eigenvalue weighted by Crippen LogP contribution is -1.93. The van der Waals surface area contributed by atoms with Gasteiger partial charge in [0.1, 0.15) is 5.75 Å². The largest absolute Gasteiger partial charge is 0.496 e. The SMILES string of the molecule is COc1ccccc1-c1ccc2c(C(=O)O)c[nH]c2c1. The first-order valence-corrected chi connectivity index (χ1v) is 6.18. The number of methoxy groups -OCH3 is 1. The number of benzene rings is 2. The summed E-state index contributed by atoms with van der Waals surface area (Å²) in [5, 5.41) is 9.80. The van der Waals surface area contributed by atoms with Gasteiger partial charge in [-0.1, -0.05) is 30.3 Å². The number of carboxylic acids is 1. The fourth-order valence-electron chi connectivity index (χ4n) is 2.35. The third kappa shape index (κ3) is 1.91. The molecule has 1 aromatic heterocycles. The minimum absolute atomic E-state index is 0.284. The van der Waals surface area contributed by atoms with E-state index in [9.17, 15) is 4.79 Å². The first-order valence-electron chi connectivity index (χ1n) is 6.18. The van der Waals surface area contributed by atoms with E-state index in [-0.39, 0.29) is 5.56 Å². The molecule has 2 N–H and O–H groups in total. The van der Waals surface area contributed by atoms with Gasteiger partial charge in [-0.15, -0.1) is 0 Å². The smallest absolute Gasteiger partial charge is 0.337 e. The number of aromatic amines is 1. The predicted molar refractivity (Wildman–Crippen MR) is 77.2 cm³/mol. The molecule has 0 aliphatic carbocycles. The first kappa shape index (κ1) is 12.3. The van der Waals surface area contributed by atoms with Gasteiger partial charge in [0.15, 0.2) is 0 Å². The van der Waals surface area contributed by atoms with E-state index in [4.69, 9.17) is 9.84 Å². The number of aromatic carboxylic acids is 1. The molecule has 0 saturated carbocycles. The molecule has 0 bridgehead atoms. The first-order chi connectivity index (χ1) is 9.70. The molecular weight excluding hydrogens is 254 g/mol. The summed E-state index contributed by atoms with van der Waals surface area (Å²) in [6.07, 6.45) is 1.51. The number of H-pyrrole nitrogens is 1. The van der Waals surface area contributed by atoms with Gasteiger partial charge in [0, 0.05) is 22.7 Å². The summed E-state index contributed by atoms with van der Waals surface area (Å²) in [6, 6.07) is 13.4. The highest BCUT2D eigenvalue weighted by Gasteiger charge is 2.12. The number of ether oxygens (including phenoxy) is 1. The van der Waals surface area contributed by atoms with Crippen molar-refractivity contribution in [1.82, 2.24) is 4.98 Å². The Balaban J connectivity index is 2.16. The van der Waals surface area contributed by atoms with Crippen LogP contribution in [0.3, 0.4) is 0 Å². The van der Waals surface area contributed by atoms with Gasteiger partial charge in [-0.2, -0.15) is 0 Å². The number of carboxylic acid groups (broad SMARTS) is 1. The predicted octanol–water partition coefficient (Wildman–Crippen LogP) is 3.54. The van der Waals surface area contributed by atoms with Gasteiger partial charge < -0.3 is 14.8 Å². The Morgan fingerprint density at radius 2 is 2.00 bits per heavy atom. The van der Waals surface area contributed by atoms with E-state index in [2.05, 4.69) is 4.98 Å². The highest BCUT2D eigenvalue weighted by Crippen LogP contribution is 2.32. The molecular formula is C16H13NO3. The molecule has 0 saturated heterocycles. The molecule has 0 spiro atoms. The van der Waals surface area contributed by atoms with Crippen molar-refractivity contribution in [1.29, 1.82) is 0 Å². The number of hydrogen-bond acceptors (Lipinski definition) is 2. The van der Waals surface area contributed by atoms with Crippen LogP contribution < -0.4 is 4.74 Å². The van der Waals surface area contributed by atoms with Gasteiger partial charge in [0.25, 0.3) is 0 Å². The molecule has 1 heterocycles. The second-order valence-corrected chi connectivity index (χ2v) is 4.47. The maximum absolute atomic E-state index is 11.1. The van der Waals surface area contributed by atoms with Crippen molar-refractivity contribution in [3.8, 4) is 16.9 Å². The van der Waals surface area contributed by atoms with Crippen LogP contribution in [0.5, 0.6) is 5.75 Å². The van der Waals surface area contributed by atoms with E-state index in [1.165, 1.54) is 6.20 Å². The Morgan fingerprint density at radius 1 is 1.20 bits per heavy atom. The van der Waals surface area contributed by atoms with Crippen LogP contribution in [0, 0.1) is 0 Å². The molecule has 20 heavy (non-hydrogen) atoms. The van der Waals surface area contributed by atoms with E-state index in [1.54, 1.807) is 7.11 Å². The van der Waals surface area contributed by atoms with Crippen molar-refractivity contribution in [2.75, 3.05) is 7.11 Å². The van der Waals surface area contributed by atoms with Crippen molar-refractivity contribution >= 4 is 16.9 Å². The lowest BCUT2D eigenvalue weighted by molar-refractivity contribution is 0.0699. The summed E-state index contributed by atoms with van der Waals surface area (Å²) in [4.78, 5) is 14.1. The molecule has 3 rings (SSSR count). The van der Waals surface area contributed by atoms with E-state index < -0.39 is 5.97 Å². The van der Waals surface area contributed by atoms with Crippen LogP contribution >= 0.6 is 0 Å². The van der Waals surface area contributed by atoms with E-state index >= 15 is 0 Å². The Bertz CT molecular complexity index is 789. The number of para-hydroxylation sites is 1. The molecule has 100 valence electrons. The average Bonchev–Trinajstić information content (AvgIpc) is 2.90. The zero-order chi connectivity index (χ0) is 14.1. The molecule has 0 atom stereocenters. The fourth-order valence-corrected chi connectivity index (χ4v) is 2.35. The molecule has 4 nitrogen and oxygen atoms in total. The van der Waals surface area contributed by atoms with Gasteiger partial charge in [-0.05, 0) is 17.7 Å². The second kappa shape index (κ2) is 4.74. The minimum Gasteiger partial charge on any atom is -0.496 e. The Morgan fingerprint density at radius 3 is 2.75 bits per heavy atom. The van der Waals surface area contributed by atoms with Crippen LogP contribution in [0.1, 0.15) is 10.4 Å². The molecule has 0 aliphatic rings. The maximum Gasteiger partial charge on any atom is 0.337 e. The average molecular weight is 267 g/mol. The number of aromatic nitrogens is 1. The standard InChI is InChI=1S/C16H13NO3/c1-20-15-5-3-2-4-11(15)10-6-7-12-13(16(18)19)9-17-14(12)8-10/h2-9,17H,1H3,(H,18,19). The zero-order valence-electron chi connectivity index (χ0n) is 10.9. The van der Waals surface area contributed by atoms with Gasteiger partial charge >= 0.3 is 5.97 Å². The molecule has 0 fully saturated rings. The summed E-state index contributed by atoms with van der Waals surface area (Å²) in [7, 11) is 1.63. The lowest BCUT2D eigenvalue weighted by atomic mass is 10.0. The highest BCUT2D eigenvalue weighted by molar-refractivity contribution is 6.04. The van der Waals surface area contributed by atoms with Gasteiger partial charge in [0.05, 0.1) is 12.7 Å². The second-order valence-electron chi connectivity index (χ2n) is 4.47. The molecule has 0 radical (unpaired) electrons. The van der Waals surface area contributed by atoms with Crippen LogP contribution in [0.25, 0.3) is 22.0 Å². The normalized spacial score (nSPS) is 10.7. The Kier molecular flexibility index (Phi) is 2.91. The Labute approximate surface area is 115 Å². The number of rotatable bonds is 3. The molecule has 4 heteroatoms. The van der Waals surface area contributed by atoms with Crippen molar-refractivity contribution in [2.45, 2.75) is 0 Å². The summed E-state index contributed by atoms with van der Waals surface area (Å²) in [5.41, 5.74) is 3.04. The zero-order valence-corrected chi connectivity index (χ0v) is 10.9. The number of fused-ring (bicyclic) bond motifs is 1. The van der Waals surface area contributed by atoms with Crippen LogP contribution in [-0.2, 0) is 0 Å². The topological polar surface area (TPSA) is 62.3 Å². The number of nitrogens with one attached hydrogen (secondary N) is 1. The molecule has 0 amide bonds. The van der Waals surface area contributed by atoms with Gasteiger partial charge in [0.2, 0.25) is 0 Å². The highest BCUT2D eigenvalue weighted by atomic mass is 16.5. The molecule has 0 aliphatic heterocycles. The van der Waals surface area contributed by atoms with Gasteiger partial charge in [-0.3, -0.25) is 0 Å². The third-order valence-corrected chi connectivity index (χ3v) is 3.33. The summed E-state index contributed by atoms with van der Waals surface area (Å²) in [6.45, 7) is 0. The summed E-state index contributed by atoms with van der Waals surface area (Å²) >= 11 is 0. The third-order valence-electron chi connectivity index (χ3n) is 3.33. The van der Waals surface area contributed by atoms with Crippen LogP contribution in [0.2, 0.25) is 0 Å². The van der Waals surface area contributed by atoms with Crippen LogP contribution in [-0.4, -0.2) is 23.2 Å². The van der Waals surface area contributed by atoms with E-state index in [1.807, 2.05) is 42.5 Å². The van der Waals surface area contributed by atoms with Gasteiger partial charge in [-0.25, -0.2) is 4.79 Å². The van der Waals surface area contributed by atoms with E-state index in [0.717, 1.165) is 22.4 Å². The lowest BCUT2D eigenvalue weighted by Gasteiger charge is -2.08. The van der Waals surface area contributed by atoms with Crippen LogP contribution in [0.15, 0.2) is 48.7 Å². The summed E-state index contributed by atoms with van der Waals surface area (Å²) in [5.74, 6) is -0.141. The number of hydrogen-bond donors (Lipinski definition) is 2. The molecule has 3 aromatic rings. The fraction of sp³-hybridized carbons (Fsp3) is 0.0625. The Hall–Kier alpha value is -2.75. The minimum atomic E-state index is -0.929. The van der Waals surface area contributed by atoms with E-state index in [0.29, 0.717) is 5.39 Å². The number of carbonyl (C=O) groups is 1. The monoisotopic (exact) mass is 267 g/mol. The van der Waals surface area contributed by atoms with Crippen LogP contribution in [0.4, 0.5) is 0 Å².